The van der Waals surface area contributed by atoms with E-state index in [1.807, 2.05) is 17.6 Å². The molecule has 1 heterocycles. The topological polar surface area (TPSA) is 116 Å². The van der Waals surface area contributed by atoms with E-state index in [2.05, 4.69) is 6.58 Å². The summed E-state index contributed by atoms with van der Waals surface area (Å²) in [5.74, 6) is -0.480. The minimum atomic E-state index is -0.275. The molecule has 8 nitrogen and oxygen atoms in total. The fraction of sp³-hybridized carbons (Fsp3) is 0.182. The second kappa shape index (κ2) is 9.36. The summed E-state index contributed by atoms with van der Waals surface area (Å²) < 4.78 is 0. The highest BCUT2D eigenvalue weighted by atomic mass is 16.8. The van der Waals surface area contributed by atoms with E-state index in [4.69, 9.17) is 10.4 Å². The van der Waals surface area contributed by atoms with Crippen molar-refractivity contribution in [2.24, 2.45) is 5.92 Å². The molecule has 1 aromatic rings. The lowest BCUT2D eigenvalue weighted by Gasteiger charge is -2.30. The number of hydroxylamine groups is 1. The number of ketones is 1. The van der Waals surface area contributed by atoms with Crippen LogP contribution < -0.4 is 10.7 Å². The number of nitrogens with one attached hydrogen (secondary N) is 1. The first kappa shape index (κ1) is 21.3. The van der Waals surface area contributed by atoms with E-state index in [1.165, 1.54) is 23.1 Å². The van der Waals surface area contributed by atoms with Crippen molar-refractivity contribution in [2.45, 2.75) is 6.42 Å². The molecule has 2 aliphatic rings. The number of carbonyl (C=O) groups is 2. The largest absolute Gasteiger partial charge is 0.761 e. The Morgan fingerprint density at radius 1 is 1.23 bits per heavy atom. The van der Waals surface area contributed by atoms with Crippen LogP contribution in [0.15, 0.2) is 78.1 Å². The first-order chi connectivity index (χ1) is 14.4. The van der Waals surface area contributed by atoms with Gasteiger partial charge in [0.15, 0.2) is 5.78 Å². The van der Waals surface area contributed by atoms with Gasteiger partial charge < -0.3 is 15.6 Å². The van der Waals surface area contributed by atoms with Crippen molar-refractivity contribution in [1.82, 2.24) is 10.4 Å². The lowest BCUT2D eigenvalue weighted by molar-refractivity contribution is -0.126. The molecular weight excluding hydrogens is 386 g/mol. The molecule has 0 aromatic heterocycles. The Hall–Kier alpha value is -3.46. The molecule has 0 saturated carbocycles. The van der Waals surface area contributed by atoms with Crippen molar-refractivity contribution in [3.63, 3.8) is 0 Å². The van der Waals surface area contributed by atoms with E-state index < -0.39 is 0 Å². The van der Waals surface area contributed by atoms with E-state index in [0.717, 1.165) is 0 Å². The highest BCUT2D eigenvalue weighted by molar-refractivity contribution is 6.13. The maximum Gasteiger partial charge on any atom is 0.246 e. The fourth-order valence-corrected chi connectivity index (χ4v) is 3.34. The van der Waals surface area contributed by atoms with Gasteiger partial charge in [-0.2, -0.15) is 0 Å². The van der Waals surface area contributed by atoms with Crippen molar-refractivity contribution in [2.75, 3.05) is 18.3 Å². The second-order valence-electron chi connectivity index (χ2n) is 6.99. The van der Waals surface area contributed by atoms with Crippen LogP contribution in [0, 0.1) is 11.1 Å². The SMILES string of the molecule is C=CC(=O)N1CC(=Cc2ccc(N(O)O)cc2)C(=O)C(=CC2C=CC(N[O-])=CC2)C1. The van der Waals surface area contributed by atoms with Gasteiger partial charge in [0.25, 0.3) is 0 Å². The first-order valence-corrected chi connectivity index (χ1v) is 9.33. The summed E-state index contributed by atoms with van der Waals surface area (Å²) in [4.78, 5) is 26.8. The number of hydrogen-bond donors (Lipinski definition) is 3. The van der Waals surface area contributed by atoms with Crippen LogP contribution in [0.1, 0.15) is 12.0 Å². The number of likely N-dealkylation sites (tertiary alicyclic amines) is 1. The van der Waals surface area contributed by atoms with Gasteiger partial charge in [-0.3, -0.25) is 20.0 Å². The Morgan fingerprint density at radius 3 is 2.50 bits per heavy atom. The third kappa shape index (κ3) is 4.93. The summed E-state index contributed by atoms with van der Waals surface area (Å²) in [5.41, 5.74) is 4.13. The Labute approximate surface area is 173 Å². The van der Waals surface area contributed by atoms with Gasteiger partial charge in [-0.1, -0.05) is 36.9 Å². The summed E-state index contributed by atoms with van der Waals surface area (Å²) in [6, 6.07) is 6.26. The Balaban J connectivity index is 1.89. The molecule has 1 unspecified atom stereocenters. The van der Waals surface area contributed by atoms with Crippen LogP contribution in [0.25, 0.3) is 6.08 Å². The minimum absolute atomic E-state index is 0.00787. The van der Waals surface area contributed by atoms with Gasteiger partial charge >= 0.3 is 0 Å². The normalized spacial score (nSPS) is 21.6. The van der Waals surface area contributed by atoms with Crippen LogP contribution in [-0.4, -0.2) is 40.1 Å². The molecule has 1 aromatic carbocycles. The molecule has 1 fully saturated rings. The third-order valence-electron chi connectivity index (χ3n) is 4.92. The standard InChI is InChI=1S/C22H22N3O5/c1-2-21(26)24-13-17(11-15-3-7-19(23-28)8-4-15)22(27)18(14-24)12-16-5-9-20(10-6-16)25(29)30/h2-3,5-12,15,23,29-30H,1,4,13-14H2/q-1. The van der Waals surface area contributed by atoms with Crippen LogP contribution in [0.3, 0.4) is 0 Å². The zero-order chi connectivity index (χ0) is 21.7. The van der Waals surface area contributed by atoms with Gasteiger partial charge in [0.05, 0.1) is 12.2 Å². The van der Waals surface area contributed by atoms with Gasteiger partial charge in [0.1, 0.15) is 0 Å². The highest BCUT2D eigenvalue weighted by Crippen LogP contribution is 2.25. The number of nitrogens with zero attached hydrogens (tertiary/aromatic N) is 2. The molecular formula is C22H22N3O5-. The molecule has 1 aliphatic carbocycles. The third-order valence-corrected chi connectivity index (χ3v) is 4.92. The van der Waals surface area contributed by atoms with Gasteiger partial charge in [-0.05, 0) is 48.3 Å². The Bertz CT molecular complexity index is 957. The fourth-order valence-electron chi connectivity index (χ4n) is 3.34. The number of amides is 1. The molecule has 3 rings (SSSR count). The number of piperidine rings is 1. The van der Waals surface area contributed by atoms with Gasteiger partial charge in [0, 0.05) is 23.4 Å². The van der Waals surface area contributed by atoms with E-state index in [9.17, 15) is 14.8 Å². The van der Waals surface area contributed by atoms with Gasteiger partial charge in [0.2, 0.25) is 5.91 Å². The summed E-state index contributed by atoms with van der Waals surface area (Å²) in [7, 11) is 0. The number of benzene rings is 1. The number of anilines is 1. The van der Waals surface area contributed by atoms with Crippen molar-refractivity contribution in [3.05, 3.63) is 88.8 Å². The maximum atomic E-state index is 13.1. The first-order valence-electron chi connectivity index (χ1n) is 9.33. The predicted molar refractivity (Wildman–Crippen MR) is 112 cm³/mol. The summed E-state index contributed by atoms with van der Waals surface area (Å²) >= 11 is 0. The smallest absolute Gasteiger partial charge is 0.246 e. The van der Waals surface area contributed by atoms with Crippen LogP contribution in [0.5, 0.6) is 0 Å². The monoisotopic (exact) mass is 408 g/mol. The molecule has 156 valence electrons. The van der Waals surface area contributed by atoms with Crippen molar-refractivity contribution < 1.29 is 20.0 Å². The van der Waals surface area contributed by atoms with Crippen molar-refractivity contribution in [3.8, 4) is 0 Å². The zero-order valence-corrected chi connectivity index (χ0v) is 16.2. The number of allylic oxidation sites excluding steroid dienone is 4. The Kier molecular flexibility index (Phi) is 6.63. The number of hydrogen-bond acceptors (Lipinski definition) is 7. The van der Waals surface area contributed by atoms with E-state index >= 15 is 0 Å². The molecule has 30 heavy (non-hydrogen) atoms. The maximum absolute atomic E-state index is 13.1. The average molecular weight is 408 g/mol. The summed E-state index contributed by atoms with van der Waals surface area (Å²) in [6.45, 7) is 3.86. The van der Waals surface area contributed by atoms with Crippen LogP contribution in [-0.2, 0) is 9.59 Å². The predicted octanol–water partition coefficient (Wildman–Crippen LogP) is 2.73. The highest BCUT2D eigenvalue weighted by Gasteiger charge is 2.28. The summed E-state index contributed by atoms with van der Waals surface area (Å²) in [5, 5.41) is 28.8. The lowest BCUT2D eigenvalue weighted by Crippen LogP contribution is -2.41. The number of rotatable bonds is 5. The Morgan fingerprint density at radius 2 is 1.93 bits per heavy atom. The van der Waals surface area contributed by atoms with Crippen molar-refractivity contribution >= 4 is 23.5 Å². The molecule has 0 radical (unpaired) electrons. The van der Waals surface area contributed by atoms with Crippen LogP contribution in [0.4, 0.5) is 5.69 Å². The molecule has 1 amide bonds. The van der Waals surface area contributed by atoms with Crippen molar-refractivity contribution in [1.29, 1.82) is 0 Å². The van der Waals surface area contributed by atoms with E-state index in [0.29, 0.717) is 28.8 Å². The zero-order valence-electron chi connectivity index (χ0n) is 16.2. The van der Waals surface area contributed by atoms with Crippen LogP contribution in [0.2, 0.25) is 0 Å². The average Bonchev–Trinajstić information content (AvgIpc) is 2.76. The number of Topliss-reactive ketones (excluding diaryl/α,β-unsaturated/α-hetero) is 1. The lowest BCUT2D eigenvalue weighted by atomic mass is 9.90. The van der Waals surface area contributed by atoms with Gasteiger partial charge in [-0.15, -0.1) is 5.23 Å². The van der Waals surface area contributed by atoms with Crippen LogP contribution >= 0.6 is 0 Å². The summed E-state index contributed by atoms with van der Waals surface area (Å²) in [6.07, 6.45) is 10.6. The molecule has 8 heteroatoms. The molecule has 0 spiro atoms. The number of carbonyl (C=O) groups excluding carboxylic acids is 2. The molecule has 1 aliphatic heterocycles. The molecule has 0 bridgehead atoms. The molecule has 1 saturated heterocycles. The van der Waals surface area contributed by atoms with E-state index in [-0.39, 0.29) is 41.6 Å². The van der Waals surface area contributed by atoms with Gasteiger partial charge in [-0.25, -0.2) is 0 Å². The quantitative estimate of drug-likeness (QED) is 0.507. The second-order valence-corrected chi connectivity index (χ2v) is 6.99. The molecule has 1 atom stereocenters. The van der Waals surface area contributed by atoms with E-state index in [1.54, 1.807) is 30.4 Å². The molecule has 3 N–H and O–H groups in total. The minimum Gasteiger partial charge on any atom is -0.761 e.